The summed E-state index contributed by atoms with van der Waals surface area (Å²) < 4.78 is 27.3. The van der Waals surface area contributed by atoms with Crippen molar-refractivity contribution in [1.82, 2.24) is 10.3 Å². The third-order valence-electron chi connectivity index (χ3n) is 4.97. The Morgan fingerprint density at radius 1 is 1.10 bits per heavy atom. The summed E-state index contributed by atoms with van der Waals surface area (Å²) in [6.07, 6.45) is 3.12. The van der Waals surface area contributed by atoms with Gasteiger partial charge in [-0.1, -0.05) is 30.3 Å². The fourth-order valence-corrected chi connectivity index (χ4v) is 5.20. The van der Waals surface area contributed by atoms with Gasteiger partial charge in [0.1, 0.15) is 0 Å². The first-order chi connectivity index (χ1) is 14.5. The molecule has 1 fully saturated rings. The van der Waals surface area contributed by atoms with E-state index in [1.807, 2.05) is 18.2 Å². The normalized spacial score (nSPS) is 16.7. The van der Waals surface area contributed by atoms with E-state index in [2.05, 4.69) is 27.2 Å². The third kappa shape index (κ3) is 4.69. The second kappa shape index (κ2) is 8.95. The molecular formula is C21H22N4O3S2. The number of carbonyl (C=O) groups is 1. The first-order valence-electron chi connectivity index (χ1n) is 9.64. The predicted molar refractivity (Wildman–Crippen MR) is 118 cm³/mol. The molecule has 0 bridgehead atoms. The fourth-order valence-electron chi connectivity index (χ4n) is 3.41. The van der Waals surface area contributed by atoms with Crippen LogP contribution in [0, 0.1) is 0 Å². The van der Waals surface area contributed by atoms with Crippen LogP contribution in [0.4, 0.5) is 10.8 Å². The molecule has 9 heteroatoms. The van der Waals surface area contributed by atoms with E-state index in [4.69, 9.17) is 0 Å². The minimum atomic E-state index is -3.70. The van der Waals surface area contributed by atoms with Gasteiger partial charge in [-0.05, 0) is 49.2 Å². The van der Waals surface area contributed by atoms with Crippen molar-refractivity contribution in [3.63, 3.8) is 0 Å². The number of nitrogens with one attached hydrogen (secondary N) is 2. The zero-order chi connectivity index (χ0) is 21.0. The number of hydrogen-bond donors (Lipinski definition) is 2. The third-order valence-corrected chi connectivity index (χ3v) is 7.14. The molecule has 7 nitrogen and oxygen atoms in total. The number of benzene rings is 2. The predicted octanol–water partition coefficient (Wildman–Crippen LogP) is 2.88. The van der Waals surface area contributed by atoms with E-state index in [1.54, 1.807) is 22.4 Å². The van der Waals surface area contributed by atoms with Crippen LogP contribution in [-0.4, -0.2) is 38.4 Å². The lowest BCUT2D eigenvalue weighted by Crippen LogP contribution is -2.39. The molecule has 0 aliphatic carbocycles. The summed E-state index contributed by atoms with van der Waals surface area (Å²) in [4.78, 5) is 18.5. The number of hydrogen-bond acceptors (Lipinski definition) is 6. The van der Waals surface area contributed by atoms with Gasteiger partial charge in [0.25, 0.3) is 10.0 Å². The Bertz CT molecular complexity index is 1090. The number of anilines is 2. The second-order valence-corrected chi connectivity index (χ2v) is 9.53. The molecule has 3 aromatic rings. The van der Waals surface area contributed by atoms with Gasteiger partial charge < -0.3 is 10.2 Å². The molecule has 1 aliphatic rings. The van der Waals surface area contributed by atoms with Crippen LogP contribution in [0.15, 0.2) is 71.1 Å². The molecule has 1 atom stereocenters. The number of carbonyl (C=O) groups excluding carboxylic acids is 1. The van der Waals surface area contributed by atoms with Crippen LogP contribution in [0.1, 0.15) is 12.0 Å². The Hall–Kier alpha value is -2.75. The SMILES string of the molecule is O=C1C(NCCc2ccccc2)CCN1c1ccc(S(=O)(=O)Nc2nccs2)cc1. The van der Waals surface area contributed by atoms with Crippen molar-refractivity contribution in [2.45, 2.75) is 23.8 Å². The van der Waals surface area contributed by atoms with Crippen molar-refractivity contribution in [1.29, 1.82) is 0 Å². The van der Waals surface area contributed by atoms with Gasteiger partial charge in [-0.3, -0.25) is 9.52 Å². The standard InChI is InChI=1S/C21H22N4O3S2/c26-20-19(22-12-10-16-4-2-1-3-5-16)11-14-25(20)17-6-8-18(9-7-17)30(27,28)24-21-23-13-15-29-21/h1-9,13,15,19,22H,10-12,14H2,(H,23,24). The molecule has 156 valence electrons. The van der Waals surface area contributed by atoms with Crippen LogP contribution in [0.2, 0.25) is 0 Å². The molecule has 0 radical (unpaired) electrons. The lowest BCUT2D eigenvalue weighted by molar-refractivity contribution is -0.118. The summed E-state index contributed by atoms with van der Waals surface area (Å²) in [5.41, 5.74) is 1.93. The highest BCUT2D eigenvalue weighted by Crippen LogP contribution is 2.24. The van der Waals surface area contributed by atoms with Crippen LogP contribution in [0.3, 0.4) is 0 Å². The number of nitrogens with zero attached hydrogens (tertiary/aromatic N) is 2. The van der Waals surface area contributed by atoms with Crippen molar-refractivity contribution >= 4 is 38.1 Å². The van der Waals surface area contributed by atoms with E-state index in [9.17, 15) is 13.2 Å². The van der Waals surface area contributed by atoms with Gasteiger partial charge in [0.05, 0.1) is 10.9 Å². The summed E-state index contributed by atoms with van der Waals surface area (Å²) >= 11 is 1.21. The number of thiazole rings is 1. The van der Waals surface area contributed by atoms with Crippen LogP contribution in [-0.2, 0) is 21.2 Å². The summed E-state index contributed by atoms with van der Waals surface area (Å²) in [7, 11) is -3.70. The molecule has 1 aromatic heterocycles. The van der Waals surface area contributed by atoms with Crippen LogP contribution in [0.5, 0.6) is 0 Å². The van der Waals surface area contributed by atoms with Crippen molar-refractivity contribution in [3.8, 4) is 0 Å². The Morgan fingerprint density at radius 2 is 1.87 bits per heavy atom. The van der Waals surface area contributed by atoms with Gasteiger partial charge in [0, 0.05) is 23.8 Å². The van der Waals surface area contributed by atoms with Crippen LogP contribution < -0.4 is 14.9 Å². The molecule has 30 heavy (non-hydrogen) atoms. The minimum absolute atomic E-state index is 0.0135. The van der Waals surface area contributed by atoms with Crippen molar-refractivity contribution in [2.75, 3.05) is 22.7 Å². The average Bonchev–Trinajstić information content (AvgIpc) is 3.39. The topological polar surface area (TPSA) is 91.4 Å². The molecule has 1 amide bonds. The Kier molecular flexibility index (Phi) is 6.12. The Labute approximate surface area is 179 Å². The summed E-state index contributed by atoms with van der Waals surface area (Å²) in [6.45, 7) is 1.33. The van der Waals surface area contributed by atoms with E-state index in [1.165, 1.54) is 35.2 Å². The van der Waals surface area contributed by atoms with Gasteiger partial charge in [0.15, 0.2) is 5.13 Å². The molecule has 0 spiro atoms. The minimum Gasteiger partial charge on any atom is -0.311 e. The van der Waals surface area contributed by atoms with Gasteiger partial charge in [-0.15, -0.1) is 11.3 Å². The molecule has 4 rings (SSSR count). The number of sulfonamides is 1. The molecule has 1 saturated heterocycles. The lowest BCUT2D eigenvalue weighted by Gasteiger charge is -2.18. The highest BCUT2D eigenvalue weighted by atomic mass is 32.2. The van der Waals surface area contributed by atoms with E-state index >= 15 is 0 Å². The van der Waals surface area contributed by atoms with Crippen molar-refractivity contribution < 1.29 is 13.2 Å². The van der Waals surface area contributed by atoms with Crippen LogP contribution in [0.25, 0.3) is 0 Å². The highest BCUT2D eigenvalue weighted by molar-refractivity contribution is 7.93. The van der Waals surface area contributed by atoms with Gasteiger partial charge in [-0.25, -0.2) is 13.4 Å². The Balaban J connectivity index is 1.35. The summed E-state index contributed by atoms with van der Waals surface area (Å²) in [5.74, 6) is 0.0135. The maximum atomic E-state index is 12.8. The summed E-state index contributed by atoms with van der Waals surface area (Å²) in [6, 6.07) is 16.3. The van der Waals surface area contributed by atoms with Gasteiger partial charge in [0.2, 0.25) is 5.91 Å². The van der Waals surface area contributed by atoms with E-state index in [-0.39, 0.29) is 16.8 Å². The van der Waals surface area contributed by atoms with E-state index in [0.717, 1.165) is 19.4 Å². The van der Waals surface area contributed by atoms with Crippen molar-refractivity contribution in [3.05, 3.63) is 71.7 Å². The fraction of sp³-hybridized carbons (Fsp3) is 0.238. The molecule has 1 aliphatic heterocycles. The molecule has 0 saturated carbocycles. The first-order valence-corrected chi connectivity index (χ1v) is 12.0. The monoisotopic (exact) mass is 442 g/mol. The van der Waals surface area contributed by atoms with Crippen molar-refractivity contribution in [2.24, 2.45) is 0 Å². The zero-order valence-electron chi connectivity index (χ0n) is 16.2. The molecule has 1 unspecified atom stereocenters. The molecule has 2 aromatic carbocycles. The highest BCUT2D eigenvalue weighted by Gasteiger charge is 2.32. The number of amides is 1. The molecule has 2 heterocycles. The molecular weight excluding hydrogens is 420 g/mol. The number of rotatable bonds is 8. The maximum absolute atomic E-state index is 12.8. The smallest absolute Gasteiger partial charge is 0.263 e. The largest absolute Gasteiger partial charge is 0.311 e. The van der Waals surface area contributed by atoms with E-state index < -0.39 is 10.0 Å². The number of aromatic nitrogens is 1. The van der Waals surface area contributed by atoms with Gasteiger partial charge >= 0.3 is 0 Å². The Morgan fingerprint density at radius 3 is 2.57 bits per heavy atom. The molecule has 2 N–H and O–H groups in total. The zero-order valence-corrected chi connectivity index (χ0v) is 17.8. The average molecular weight is 443 g/mol. The van der Waals surface area contributed by atoms with Crippen LogP contribution >= 0.6 is 11.3 Å². The van der Waals surface area contributed by atoms with Gasteiger partial charge in [-0.2, -0.15) is 0 Å². The summed E-state index contributed by atoms with van der Waals surface area (Å²) in [5, 5.41) is 5.35. The maximum Gasteiger partial charge on any atom is 0.263 e. The second-order valence-electron chi connectivity index (χ2n) is 6.96. The quantitative estimate of drug-likeness (QED) is 0.560. The first kappa shape index (κ1) is 20.5. The lowest BCUT2D eigenvalue weighted by atomic mass is 10.1. The van der Waals surface area contributed by atoms with E-state index in [0.29, 0.717) is 17.4 Å².